The van der Waals surface area contributed by atoms with Gasteiger partial charge in [-0.1, -0.05) is 36.4 Å². The van der Waals surface area contributed by atoms with E-state index in [1.807, 2.05) is 48.5 Å². The third-order valence-electron chi connectivity index (χ3n) is 6.88. The number of aromatic nitrogens is 2. The van der Waals surface area contributed by atoms with E-state index in [-0.39, 0.29) is 19.3 Å². The molecular weight excluding hydrogens is 544 g/mol. The van der Waals surface area contributed by atoms with Gasteiger partial charge in [0.2, 0.25) is 17.7 Å². The Kier molecular flexibility index (Phi) is 9.55. The first-order chi connectivity index (χ1) is 20.1. The number of rotatable bonds is 14. The zero-order chi connectivity index (χ0) is 30.2. The van der Waals surface area contributed by atoms with Crippen LogP contribution in [0.1, 0.15) is 24.0 Å². The topological polar surface area (TPSA) is 219 Å². The van der Waals surface area contributed by atoms with Crippen LogP contribution in [-0.2, 0) is 36.8 Å². The highest BCUT2D eigenvalue weighted by Crippen LogP contribution is 2.21. The van der Waals surface area contributed by atoms with Crippen LogP contribution >= 0.6 is 0 Å². The standard InChI is InChI=1S/C29H32N6O7/c30-20(11-16-13-31-21-7-3-1-5-18(16)21)27(40)35-24(12-17-14-32-22-8-4-2-6-19(17)22)29(42)34-23(9-10-25(36)37)28(41)33-15-26(38)39/h1-8,13-14,20,23-24,31-32H,9-12,15,30H2,(H,33,41)(H,34,42)(H,35,40)(H,36,37)(H,38,39). The zero-order valence-electron chi connectivity index (χ0n) is 22.6. The van der Waals surface area contributed by atoms with E-state index in [2.05, 4.69) is 25.9 Å². The average molecular weight is 577 g/mol. The molecule has 0 saturated heterocycles. The third kappa shape index (κ3) is 7.52. The number of H-pyrrole nitrogens is 2. The highest BCUT2D eigenvalue weighted by atomic mass is 16.4. The Hall–Kier alpha value is -5.17. The number of benzene rings is 2. The molecule has 0 aliphatic heterocycles. The van der Waals surface area contributed by atoms with E-state index >= 15 is 0 Å². The molecule has 3 unspecified atom stereocenters. The van der Waals surface area contributed by atoms with E-state index in [0.717, 1.165) is 27.4 Å². The van der Waals surface area contributed by atoms with Crippen molar-refractivity contribution in [2.75, 3.05) is 6.54 Å². The maximum absolute atomic E-state index is 13.5. The van der Waals surface area contributed by atoms with Crippen molar-refractivity contribution < 1.29 is 34.2 Å². The van der Waals surface area contributed by atoms with Gasteiger partial charge in [0.25, 0.3) is 0 Å². The second-order valence-corrected chi connectivity index (χ2v) is 9.90. The molecular formula is C29H32N6O7. The smallest absolute Gasteiger partial charge is 0.322 e. The normalized spacial score (nSPS) is 13.3. The number of amides is 3. The minimum absolute atomic E-state index is 0.0315. The maximum atomic E-state index is 13.5. The number of carbonyl (C=O) groups is 5. The first-order valence-corrected chi connectivity index (χ1v) is 13.3. The van der Waals surface area contributed by atoms with Crippen molar-refractivity contribution in [3.8, 4) is 0 Å². The number of nitrogens with one attached hydrogen (secondary N) is 5. The predicted octanol–water partition coefficient (Wildman–Crippen LogP) is 0.797. The number of carboxylic acid groups (broad SMARTS) is 2. The number of fused-ring (bicyclic) bond motifs is 2. The summed E-state index contributed by atoms with van der Waals surface area (Å²) in [4.78, 5) is 67.8. The lowest BCUT2D eigenvalue weighted by molar-refractivity contribution is -0.140. The van der Waals surface area contributed by atoms with Crippen molar-refractivity contribution in [3.63, 3.8) is 0 Å². The van der Waals surface area contributed by atoms with Gasteiger partial charge in [-0.15, -0.1) is 0 Å². The lowest BCUT2D eigenvalue weighted by Gasteiger charge is -2.24. The van der Waals surface area contributed by atoms with Crippen molar-refractivity contribution in [2.45, 2.75) is 43.8 Å². The predicted molar refractivity (Wildman–Crippen MR) is 153 cm³/mol. The number of para-hydroxylation sites is 2. The number of aliphatic carboxylic acids is 2. The van der Waals surface area contributed by atoms with Gasteiger partial charge >= 0.3 is 11.9 Å². The summed E-state index contributed by atoms with van der Waals surface area (Å²) in [5.74, 6) is -4.72. The molecule has 4 aromatic rings. The van der Waals surface area contributed by atoms with Gasteiger partial charge in [0.1, 0.15) is 18.6 Å². The van der Waals surface area contributed by atoms with Crippen molar-refractivity contribution in [1.29, 1.82) is 0 Å². The maximum Gasteiger partial charge on any atom is 0.322 e. The third-order valence-corrected chi connectivity index (χ3v) is 6.88. The zero-order valence-corrected chi connectivity index (χ0v) is 22.6. The molecule has 0 fully saturated rings. The van der Waals surface area contributed by atoms with E-state index in [0.29, 0.717) is 5.56 Å². The molecule has 2 aromatic heterocycles. The minimum atomic E-state index is -1.35. The van der Waals surface area contributed by atoms with Crippen LogP contribution < -0.4 is 21.7 Å². The number of nitrogens with two attached hydrogens (primary N) is 1. The summed E-state index contributed by atoms with van der Waals surface area (Å²) in [5.41, 5.74) is 9.52. The van der Waals surface area contributed by atoms with Gasteiger partial charge in [0.15, 0.2) is 0 Å². The van der Waals surface area contributed by atoms with Gasteiger partial charge < -0.3 is 41.9 Å². The van der Waals surface area contributed by atoms with Crippen LogP contribution in [0.3, 0.4) is 0 Å². The highest BCUT2D eigenvalue weighted by molar-refractivity contribution is 5.95. The second kappa shape index (κ2) is 13.5. The lowest BCUT2D eigenvalue weighted by atomic mass is 10.0. The molecule has 9 N–H and O–H groups in total. The summed E-state index contributed by atoms with van der Waals surface area (Å²) in [6.07, 6.45) is 2.96. The highest BCUT2D eigenvalue weighted by Gasteiger charge is 2.30. The number of hydrogen-bond acceptors (Lipinski definition) is 6. The van der Waals surface area contributed by atoms with E-state index < -0.39 is 60.8 Å². The monoisotopic (exact) mass is 576 g/mol. The van der Waals surface area contributed by atoms with Crippen LogP contribution in [0, 0.1) is 0 Å². The van der Waals surface area contributed by atoms with Gasteiger partial charge in [0, 0.05) is 47.0 Å². The van der Waals surface area contributed by atoms with E-state index in [1.165, 1.54) is 0 Å². The minimum Gasteiger partial charge on any atom is -0.481 e. The summed E-state index contributed by atoms with van der Waals surface area (Å²) in [7, 11) is 0. The van der Waals surface area contributed by atoms with Crippen molar-refractivity contribution >= 4 is 51.5 Å². The Morgan fingerprint density at radius 1 is 0.714 bits per heavy atom. The fraction of sp³-hybridized carbons (Fsp3) is 0.276. The van der Waals surface area contributed by atoms with Crippen LogP contribution in [0.4, 0.5) is 0 Å². The van der Waals surface area contributed by atoms with Crippen LogP contribution in [0.25, 0.3) is 21.8 Å². The number of aromatic amines is 2. The molecule has 0 saturated carbocycles. The lowest BCUT2D eigenvalue weighted by Crippen LogP contribution is -2.57. The fourth-order valence-electron chi connectivity index (χ4n) is 4.73. The van der Waals surface area contributed by atoms with Crippen molar-refractivity contribution in [2.24, 2.45) is 5.73 Å². The molecule has 4 rings (SSSR count). The van der Waals surface area contributed by atoms with Crippen molar-refractivity contribution in [1.82, 2.24) is 25.9 Å². The average Bonchev–Trinajstić information content (AvgIpc) is 3.57. The first-order valence-electron chi connectivity index (χ1n) is 13.3. The molecule has 220 valence electrons. The quantitative estimate of drug-likeness (QED) is 0.107. The van der Waals surface area contributed by atoms with Crippen LogP contribution in [0.15, 0.2) is 60.9 Å². The van der Waals surface area contributed by atoms with Crippen LogP contribution in [0.2, 0.25) is 0 Å². The van der Waals surface area contributed by atoms with E-state index in [1.54, 1.807) is 12.4 Å². The summed E-state index contributed by atoms with van der Waals surface area (Å²) < 4.78 is 0. The van der Waals surface area contributed by atoms with Crippen LogP contribution in [0.5, 0.6) is 0 Å². The first kappa shape index (κ1) is 29.8. The number of carbonyl (C=O) groups excluding carboxylic acids is 3. The van der Waals surface area contributed by atoms with Gasteiger partial charge in [-0.05, 0) is 36.1 Å². The number of carboxylic acids is 2. The van der Waals surface area contributed by atoms with Crippen molar-refractivity contribution in [3.05, 3.63) is 72.1 Å². The molecule has 0 aliphatic carbocycles. The van der Waals surface area contributed by atoms with Gasteiger partial charge in [-0.2, -0.15) is 0 Å². The molecule has 0 spiro atoms. The summed E-state index contributed by atoms with van der Waals surface area (Å²) in [5, 5.41) is 27.1. The Labute approximate surface area is 239 Å². The molecule has 13 heteroatoms. The Morgan fingerprint density at radius 2 is 1.26 bits per heavy atom. The number of hydrogen-bond donors (Lipinski definition) is 8. The Bertz CT molecular complexity index is 1610. The van der Waals surface area contributed by atoms with Gasteiger partial charge in [-0.3, -0.25) is 24.0 Å². The molecule has 0 bridgehead atoms. The van der Waals surface area contributed by atoms with E-state index in [4.69, 9.17) is 15.9 Å². The Balaban J connectivity index is 1.54. The summed E-state index contributed by atoms with van der Waals surface area (Å²) in [6, 6.07) is 11.4. The van der Waals surface area contributed by atoms with Crippen LogP contribution in [-0.4, -0.2) is 74.5 Å². The molecule has 13 nitrogen and oxygen atoms in total. The molecule has 0 radical (unpaired) electrons. The largest absolute Gasteiger partial charge is 0.481 e. The summed E-state index contributed by atoms with van der Waals surface area (Å²) in [6.45, 7) is -0.712. The molecule has 42 heavy (non-hydrogen) atoms. The SMILES string of the molecule is NC(Cc1c[nH]c2ccccc12)C(=O)NC(Cc1c[nH]c2ccccc12)C(=O)NC(CCC(=O)O)C(=O)NCC(=O)O. The van der Waals surface area contributed by atoms with E-state index in [9.17, 15) is 24.0 Å². The van der Waals surface area contributed by atoms with Gasteiger partial charge in [-0.25, -0.2) is 0 Å². The molecule has 2 heterocycles. The molecule has 2 aromatic carbocycles. The molecule has 3 amide bonds. The van der Waals surface area contributed by atoms with Gasteiger partial charge in [0.05, 0.1) is 6.04 Å². The Morgan fingerprint density at radius 3 is 1.83 bits per heavy atom. The fourth-order valence-corrected chi connectivity index (χ4v) is 4.73. The molecule has 0 aliphatic rings. The second-order valence-electron chi connectivity index (χ2n) is 9.90. The summed E-state index contributed by atoms with van der Waals surface area (Å²) >= 11 is 0. The molecule has 3 atom stereocenters.